The van der Waals surface area contributed by atoms with Crippen LogP contribution in [0, 0.1) is 0 Å². The number of aliphatic hydroxyl groups is 1. The maximum absolute atomic E-state index is 10.6. The molecule has 2 aliphatic rings. The molecule has 23 heavy (non-hydrogen) atoms. The van der Waals surface area contributed by atoms with E-state index in [1.165, 1.54) is 35.9 Å². The van der Waals surface area contributed by atoms with Crippen molar-refractivity contribution in [2.75, 3.05) is 0 Å². The zero-order valence-electron chi connectivity index (χ0n) is 14.5. The summed E-state index contributed by atoms with van der Waals surface area (Å²) in [5.41, 5.74) is 4.27. The van der Waals surface area contributed by atoms with E-state index in [9.17, 15) is 5.11 Å². The lowest BCUT2D eigenvalue weighted by atomic mass is 9.62. The Bertz CT molecular complexity index is 674. The monoisotopic (exact) mass is 329 g/mol. The van der Waals surface area contributed by atoms with Crippen molar-refractivity contribution >= 4 is 11.9 Å². The molecule has 0 bridgehead atoms. The summed E-state index contributed by atoms with van der Waals surface area (Å²) in [6.07, 6.45) is 9.46. The van der Waals surface area contributed by atoms with E-state index >= 15 is 0 Å². The molecule has 1 aromatic carbocycles. The molecule has 0 heterocycles. The minimum absolute atomic E-state index is 0.153. The summed E-state index contributed by atoms with van der Waals surface area (Å²) in [6.45, 7) is 9.29. The quantitative estimate of drug-likeness (QED) is 0.794. The smallest absolute Gasteiger partial charge is 0.103 e. The third-order valence-electron chi connectivity index (χ3n) is 5.69. The first-order valence-electron chi connectivity index (χ1n) is 8.30. The number of rotatable bonds is 2. The molecule has 0 spiro atoms. The fraction of sp³-hybridized carbons (Fsp3) is 0.500. The molecule has 3 rings (SSSR count). The van der Waals surface area contributed by atoms with Gasteiger partial charge in [-0.3, -0.25) is 5.14 Å². The zero-order chi connectivity index (χ0) is 16.9. The van der Waals surface area contributed by atoms with Crippen LogP contribution in [0.2, 0.25) is 0 Å². The highest BCUT2D eigenvalue weighted by atomic mass is 32.2. The van der Waals surface area contributed by atoms with Gasteiger partial charge in [-0.25, -0.2) is 0 Å². The molecule has 3 N–H and O–H groups in total. The molecule has 3 heteroatoms. The van der Waals surface area contributed by atoms with Crippen LogP contribution in [0.25, 0.3) is 0 Å². The maximum atomic E-state index is 10.6. The molecule has 0 aromatic heterocycles. The lowest BCUT2D eigenvalue weighted by Gasteiger charge is -2.43. The van der Waals surface area contributed by atoms with Crippen LogP contribution in [0.1, 0.15) is 57.2 Å². The summed E-state index contributed by atoms with van der Waals surface area (Å²) in [4.78, 5) is 0. The predicted octanol–water partition coefficient (Wildman–Crippen LogP) is 4.32. The van der Waals surface area contributed by atoms with Crippen molar-refractivity contribution in [3.8, 4) is 0 Å². The highest BCUT2D eigenvalue weighted by Gasteiger charge is 2.41. The summed E-state index contributed by atoms with van der Waals surface area (Å²) < 4.78 is -0.596. The van der Waals surface area contributed by atoms with Crippen molar-refractivity contribution < 1.29 is 5.11 Å². The van der Waals surface area contributed by atoms with Gasteiger partial charge in [0.2, 0.25) is 0 Å². The van der Waals surface area contributed by atoms with Gasteiger partial charge in [-0.1, -0.05) is 82.1 Å². The second-order valence-electron chi connectivity index (χ2n) is 8.13. The van der Waals surface area contributed by atoms with Gasteiger partial charge in [0, 0.05) is 0 Å². The molecule has 2 nitrogen and oxygen atoms in total. The Kier molecular flexibility index (Phi) is 4.03. The highest BCUT2D eigenvalue weighted by molar-refractivity contribution is 7.98. The van der Waals surface area contributed by atoms with Crippen LogP contribution in [-0.4, -0.2) is 11.2 Å². The second-order valence-corrected chi connectivity index (χ2v) is 9.04. The van der Waals surface area contributed by atoms with Gasteiger partial charge < -0.3 is 5.11 Å². The molecular formula is C20H27NOS. The number of hydrogen-bond acceptors (Lipinski definition) is 3. The van der Waals surface area contributed by atoms with Crippen molar-refractivity contribution in [2.24, 2.45) is 5.14 Å². The predicted molar refractivity (Wildman–Crippen MR) is 99.5 cm³/mol. The Balaban J connectivity index is 2.17. The van der Waals surface area contributed by atoms with Crippen molar-refractivity contribution in [1.82, 2.24) is 0 Å². The molecule has 0 saturated heterocycles. The van der Waals surface area contributed by atoms with Gasteiger partial charge in [-0.15, -0.1) is 0 Å². The van der Waals surface area contributed by atoms with Gasteiger partial charge in [0.05, 0.1) is 6.10 Å². The fourth-order valence-electron chi connectivity index (χ4n) is 3.89. The molecule has 0 radical (unpaired) electrons. The summed E-state index contributed by atoms with van der Waals surface area (Å²) in [5.74, 6) is 0. The van der Waals surface area contributed by atoms with Gasteiger partial charge in [-0.05, 0) is 40.4 Å². The molecule has 1 aromatic rings. The van der Waals surface area contributed by atoms with Crippen LogP contribution in [0.4, 0.5) is 0 Å². The first-order valence-corrected chi connectivity index (χ1v) is 9.18. The third-order valence-corrected chi connectivity index (χ3v) is 6.69. The minimum atomic E-state index is -0.611. The van der Waals surface area contributed by atoms with E-state index in [4.69, 9.17) is 5.14 Å². The maximum Gasteiger partial charge on any atom is 0.103 e. The molecule has 124 valence electrons. The summed E-state index contributed by atoms with van der Waals surface area (Å²) >= 11 is 1.22. The molecule has 2 aliphatic carbocycles. The van der Waals surface area contributed by atoms with Crippen LogP contribution < -0.4 is 5.14 Å². The SMILES string of the molecule is CC1(C)CCC(C)(C)c2cc(C3(SN)C=CC=CC3O)ccc21. The number of aliphatic hydroxyl groups excluding tert-OH is 1. The molecule has 0 amide bonds. The largest absolute Gasteiger partial charge is 0.387 e. The Labute approximate surface area is 144 Å². The van der Waals surface area contributed by atoms with E-state index in [0.717, 1.165) is 5.56 Å². The van der Waals surface area contributed by atoms with Crippen molar-refractivity contribution in [3.63, 3.8) is 0 Å². The minimum Gasteiger partial charge on any atom is -0.387 e. The van der Waals surface area contributed by atoms with E-state index in [0.29, 0.717) is 0 Å². The summed E-state index contributed by atoms with van der Waals surface area (Å²) in [5, 5.41) is 16.6. The van der Waals surface area contributed by atoms with Crippen molar-refractivity contribution in [3.05, 3.63) is 59.2 Å². The Morgan fingerprint density at radius 3 is 2.30 bits per heavy atom. The van der Waals surface area contributed by atoms with Gasteiger partial charge in [-0.2, -0.15) is 0 Å². The molecule has 0 saturated carbocycles. The van der Waals surface area contributed by atoms with Gasteiger partial charge in [0.25, 0.3) is 0 Å². The number of fused-ring (bicyclic) bond motifs is 1. The fourth-order valence-corrected chi connectivity index (χ4v) is 4.52. The zero-order valence-corrected chi connectivity index (χ0v) is 15.3. The van der Waals surface area contributed by atoms with E-state index < -0.39 is 10.9 Å². The molecule has 0 aliphatic heterocycles. The van der Waals surface area contributed by atoms with Gasteiger partial charge >= 0.3 is 0 Å². The Hall–Kier alpha value is -1.03. The van der Waals surface area contributed by atoms with Gasteiger partial charge in [0.15, 0.2) is 0 Å². The molecule has 2 unspecified atom stereocenters. The Morgan fingerprint density at radius 1 is 1.04 bits per heavy atom. The van der Waals surface area contributed by atoms with Crippen LogP contribution in [0.15, 0.2) is 42.5 Å². The normalized spacial score (nSPS) is 31.0. The average molecular weight is 330 g/mol. The van der Waals surface area contributed by atoms with E-state index in [2.05, 4.69) is 45.9 Å². The summed E-state index contributed by atoms with van der Waals surface area (Å²) in [7, 11) is 0. The standard InChI is InChI=1S/C20H27NOS/c1-18(2)11-12-19(3,4)16-13-14(8-9-15(16)18)20(23-21)10-6-5-7-17(20)22/h5-10,13,17,22H,11-12,21H2,1-4H3. The summed E-state index contributed by atoms with van der Waals surface area (Å²) in [6, 6.07) is 6.68. The second kappa shape index (κ2) is 5.51. The molecule has 0 fully saturated rings. The first-order chi connectivity index (χ1) is 10.7. The van der Waals surface area contributed by atoms with Crippen LogP contribution in [0.3, 0.4) is 0 Å². The third kappa shape index (κ3) is 2.59. The number of allylic oxidation sites excluding steroid dienone is 2. The topological polar surface area (TPSA) is 46.2 Å². The number of nitrogens with two attached hydrogens (primary N) is 1. The highest BCUT2D eigenvalue weighted by Crippen LogP contribution is 2.48. The van der Waals surface area contributed by atoms with Gasteiger partial charge in [0.1, 0.15) is 4.75 Å². The van der Waals surface area contributed by atoms with E-state index in [1.807, 2.05) is 24.3 Å². The van der Waals surface area contributed by atoms with Crippen LogP contribution >= 0.6 is 11.9 Å². The van der Waals surface area contributed by atoms with Crippen molar-refractivity contribution in [2.45, 2.75) is 62.2 Å². The molecule has 2 atom stereocenters. The first kappa shape index (κ1) is 16.8. The Morgan fingerprint density at radius 2 is 1.70 bits per heavy atom. The average Bonchev–Trinajstić information content (AvgIpc) is 2.52. The van der Waals surface area contributed by atoms with Crippen LogP contribution in [0.5, 0.6) is 0 Å². The molecular weight excluding hydrogens is 302 g/mol. The van der Waals surface area contributed by atoms with Crippen LogP contribution in [-0.2, 0) is 15.6 Å². The van der Waals surface area contributed by atoms with E-state index in [1.54, 1.807) is 0 Å². The van der Waals surface area contributed by atoms with Crippen molar-refractivity contribution in [1.29, 1.82) is 0 Å². The lowest BCUT2D eigenvalue weighted by molar-refractivity contribution is 0.192. The van der Waals surface area contributed by atoms with E-state index in [-0.39, 0.29) is 10.8 Å². The lowest BCUT2D eigenvalue weighted by Crippen LogP contribution is -2.38. The number of hydrogen-bond donors (Lipinski definition) is 2. The number of benzene rings is 1.